The highest BCUT2D eigenvalue weighted by Crippen LogP contribution is 2.20. The van der Waals surface area contributed by atoms with E-state index in [0.717, 1.165) is 11.6 Å². The largest absolute Gasteiger partial charge is 0.497 e. The standard InChI is InChI=1S/C17H13N3O7/c1-24-12-4-2-11(3-5-12)17-18-14(27-19-17)10-25-16(21)9-7-13-6-8-15(26-13)20(22)23/h2-9H,10H2,1H3/b9-7+. The second-order valence-electron chi connectivity index (χ2n) is 5.11. The van der Waals surface area contributed by atoms with Gasteiger partial charge < -0.3 is 18.4 Å². The summed E-state index contributed by atoms with van der Waals surface area (Å²) in [4.78, 5) is 25.7. The van der Waals surface area contributed by atoms with E-state index in [1.807, 2.05) is 0 Å². The van der Waals surface area contributed by atoms with Crippen molar-refractivity contribution in [2.45, 2.75) is 6.61 Å². The molecule has 0 saturated carbocycles. The number of rotatable bonds is 7. The van der Waals surface area contributed by atoms with E-state index in [1.165, 1.54) is 18.2 Å². The summed E-state index contributed by atoms with van der Waals surface area (Å²) in [6, 6.07) is 9.60. The van der Waals surface area contributed by atoms with Gasteiger partial charge in [0.1, 0.15) is 16.4 Å². The third kappa shape index (κ3) is 4.57. The first-order valence-corrected chi connectivity index (χ1v) is 7.61. The smallest absolute Gasteiger partial charge is 0.433 e. The molecule has 0 bridgehead atoms. The number of methoxy groups -OCH3 is 1. The molecule has 0 spiro atoms. The zero-order chi connectivity index (χ0) is 19.2. The quantitative estimate of drug-likeness (QED) is 0.266. The molecule has 27 heavy (non-hydrogen) atoms. The molecular formula is C17H13N3O7. The van der Waals surface area contributed by atoms with Crippen LogP contribution >= 0.6 is 0 Å². The van der Waals surface area contributed by atoms with E-state index in [-0.39, 0.29) is 18.3 Å². The van der Waals surface area contributed by atoms with Crippen LogP contribution in [0.1, 0.15) is 11.7 Å². The van der Waals surface area contributed by atoms with Gasteiger partial charge in [0.25, 0.3) is 5.89 Å². The topological polar surface area (TPSA) is 131 Å². The number of ether oxygens (including phenoxy) is 2. The summed E-state index contributed by atoms with van der Waals surface area (Å²) in [6.07, 6.45) is 2.33. The predicted octanol–water partition coefficient (Wildman–Crippen LogP) is 3.00. The molecule has 0 atom stereocenters. The van der Waals surface area contributed by atoms with Crippen molar-refractivity contribution < 1.29 is 28.1 Å². The molecule has 1 aromatic carbocycles. The molecule has 0 unspecified atom stereocenters. The van der Waals surface area contributed by atoms with Crippen molar-refractivity contribution in [2.24, 2.45) is 0 Å². The Kier molecular flexibility index (Phi) is 5.26. The van der Waals surface area contributed by atoms with E-state index >= 15 is 0 Å². The highest BCUT2D eigenvalue weighted by molar-refractivity contribution is 5.86. The zero-order valence-electron chi connectivity index (χ0n) is 14.0. The minimum absolute atomic E-state index is 0.121. The summed E-state index contributed by atoms with van der Waals surface area (Å²) in [7, 11) is 1.57. The van der Waals surface area contributed by atoms with Crippen LogP contribution in [0.15, 0.2) is 51.4 Å². The van der Waals surface area contributed by atoms with E-state index in [4.69, 9.17) is 18.4 Å². The molecule has 10 nitrogen and oxygen atoms in total. The Bertz CT molecular complexity index is 973. The van der Waals surface area contributed by atoms with Crippen LogP contribution in [0, 0.1) is 10.1 Å². The Balaban J connectivity index is 1.55. The van der Waals surface area contributed by atoms with Gasteiger partial charge in [-0.05, 0) is 36.4 Å². The summed E-state index contributed by atoms with van der Waals surface area (Å²) in [5, 5.41) is 14.3. The fourth-order valence-electron chi connectivity index (χ4n) is 2.03. The number of furan rings is 1. The van der Waals surface area contributed by atoms with Crippen LogP contribution in [0.3, 0.4) is 0 Å². The highest BCUT2D eigenvalue weighted by Gasteiger charge is 2.12. The van der Waals surface area contributed by atoms with Crippen LogP contribution in [0.4, 0.5) is 5.88 Å². The van der Waals surface area contributed by atoms with E-state index in [1.54, 1.807) is 31.4 Å². The Morgan fingerprint density at radius 3 is 2.70 bits per heavy atom. The molecule has 0 fully saturated rings. The van der Waals surface area contributed by atoms with Gasteiger partial charge in [-0.15, -0.1) is 0 Å². The van der Waals surface area contributed by atoms with E-state index in [9.17, 15) is 14.9 Å². The Morgan fingerprint density at radius 2 is 2.04 bits per heavy atom. The van der Waals surface area contributed by atoms with Gasteiger partial charge >= 0.3 is 11.9 Å². The second kappa shape index (κ2) is 7.95. The summed E-state index contributed by atoms with van der Waals surface area (Å²) < 4.78 is 20.0. The van der Waals surface area contributed by atoms with Gasteiger partial charge in [-0.2, -0.15) is 4.98 Å². The summed E-state index contributed by atoms with van der Waals surface area (Å²) >= 11 is 0. The third-order valence-corrected chi connectivity index (χ3v) is 3.33. The number of aromatic nitrogens is 2. The molecule has 2 aromatic heterocycles. The highest BCUT2D eigenvalue weighted by atomic mass is 16.6. The molecule has 0 radical (unpaired) electrons. The van der Waals surface area contributed by atoms with Crippen molar-refractivity contribution in [1.29, 1.82) is 0 Å². The van der Waals surface area contributed by atoms with Gasteiger partial charge in [-0.25, -0.2) is 4.79 Å². The van der Waals surface area contributed by atoms with Crippen LogP contribution in [0.25, 0.3) is 17.5 Å². The molecule has 0 aliphatic heterocycles. The van der Waals surface area contributed by atoms with E-state index < -0.39 is 16.8 Å². The average molecular weight is 371 g/mol. The lowest BCUT2D eigenvalue weighted by molar-refractivity contribution is -0.402. The molecule has 3 rings (SSSR count). The van der Waals surface area contributed by atoms with Gasteiger partial charge in [0.05, 0.1) is 13.2 Å². The van der Waals surface area contributed by atoms with Gasteiger partial charge in [-0.1, -0.05) is 5.16 Å². The molecule has 138 valence electrons. The average Bonchev–Trinajstić information content (AvgIpc) is 3.34. The van der Waals surface area contributed by atoms with Crippen molar-refractivity contribution >= 4 is 17.9 Å². The predicted molar refractivity (Wildman–Crippen MR) is 90.5 cm³/mol. The summed E-state index contributed by atoms with van der Waals surface area (Å²) in [5.41, 5.74) is 0.719. The first-order chi connectivity index (χ1) is 13.0. The monoisotopic (exact) mass is 371 g/mol. The second-order valence-corrected chi connectivity index (χ2v) is 5.11. The van der Waals surface area contributed by atoms with Crippen LogP contribution in [0.2, 0.25) is 0 Å². The fraction of sp³-hybridized carbons (Fsp3) is 0.118. The van der Waals surface area contributed by atoms with Crippen LogP contribution < -0.4 is 4.74 Å². The minimum Gasteiger partial charge on any atom is -0.497 e. The number of benzene rings is 1. The lowest BCUT2D eigenvalue weighted by atomic mass is 10.2. The number of hydrogen-bond donors (Lipinski definition) is 0. The molecule has 0 aliphatic rings. The molecule has 0 amide bonds. The fourth-order valence-corrected chi connectivity index (χ4v) is 2.03. The first-order valence-electron chi connectivity index (χ1n) is 7.61. The van der Waals surface area contributed by atoms with Crippen molar-refractivity contribution in [3.8, 4) is 17.1 Å². The number of carbonyl (C=O) groups is 1. The number of esters is 1. The Labute approximate surface area is 152 Å². The molecular weight excluding hydrogens is 358 g/mol. The number of nitro groups is 1. The maximum Gasteiger partial charge on any atom is 0.433 e. The van der Waals surface area contributed by atoms with Crippen molar-refractivity contribution in [3.05, 3.63) is 64.2 Å². The van der Waals surface area contributed by atoms with Crippen LogP contribution in [-0.2, 0) is 16.1 Å². The SMILES string of the molecule is COc1ccc(-c2noc(COC(=O)/C=C/c3ccc([N+](=O)[O-])o3)n2)cc1. The van der Waals surface area contributed by atoms with Crippen molar-refractivity contribution in [2.75, 3.05) is 7.11 Å². The maximum atomic E-state index is 11.7. The number of carbonyl (C=O) groups excluding carboxylic acids is 1. The minimum atomic E-state index is -0.696. The lowest BCUT2D eigenvalue weighted by Gasteiger charge is -1.99. The first kappa shape index (κ1) is 17.9. The van der Waals surface area contributed by atoms with Crippen LogP contribution in [0.5, 0.6) is 5.75 Å². The van der Waals surface area contributed by atoms with Crippen molar-refractivity contribution in [3.63, 3.8) is 0 Å². The molecule has 0 aliphatic carbocycles. The lowest BCUT2D eigenvalue weighted by Crippen LogP contribution is -2.00. The molecule has 3 aromatic rings. The van der Waals surface area contributed by atoms with E-state index in [0.29, 0.717) is 11.6 Å². The molecule has 2 heterocycles. The third-order valence-electron chi connectivity index (χ3n) is 3.33. The Hall–Kier alpha value is -3.95. The van der Waals surface area contributed by atoms with Crippen molar-refractivity contribution in [1.82, 2.24) is 10.1 Å². The van der Waals surface area contributed by atoms with Gasteiger partial charge in [0.15, 0.2) is 6.61 Å². The normalized spacial score (nSPS) is 10.9. The zero-order valence-corrected chi connectivity index (χ0v) is 14.0. The van der Waals surface area contributed by atoms with Crippen LogP contribution in [-0.4, -0.2) is 28.1 Å². The number of nitrogens with zero attached hydrogens (tertiary/aromatic N) is 3. The van der Waals surface area contributed by atoms with Gasteiger partial charge in [-0.3, -0.25) is 10.1 Å². The van der Waals surface area contributed by atoms with E-state index in [2.05, 4.69) is 10.1 Å². The van der Waals surface area contributed by atoms with Gasteiger partial charge in [0, 0.05) is 11.6 Å². The number of hydrogen-bond acceptors (Lipinski definition) is 9. The van der Waals surface area contributed by atoms with Gasteiger partial charge in [0.2, 0.25) is 5.82 Å². The summed E-state index contributed by atoms with van der Waals surface area (Å²) in [5.74, 6) is 0.208. The molecule has 0 N–H and O–H groups in total. The molecule has 10 heteroatoms. The maximum absolute atomic E-state index is 11.7. The molecule has 0 saturated heterocycles. The summed E-state index contributed by atoms with van der Waals surface area (Å²) in [6.45, 7) is -0.218. The Morgan fingerprint density at radius 1 is 1.26 bits per heavy atom.